The molecule has 0 radical (unpaired) electrons. The number of carbonyl (C=O) groups is 1. The van der Waals surface area contributed by atoms with Gasteiger partial charge in [-0.25, -0.2) is 0 Å². The van der Waals surface area contributed by atoms with Crippen molar-refractivity contribution in [3.63, 3.8) is 0 Å². The van der Waals surface area contributed by atoms with E-state index >= 15 is 0 Å². The summed E-state index contributed by atoms with van der Waals surface area (Å²) in [6, 6.07) is 7.25. The lowest BCUT2D eigenvalue weighted by Crippen LogP contribution is -2.28. The van der Waals surface area contributed by atoms with Gasteiger partial charge in [-0.15, -0.1) is 0 Å². The van der Waals surface area contributed by atoms with Crippen molar-refractivity contribution >= 4 is 28.3 Å². The smallest absolute Gasteiger partial charge is 0.248 e. The summed E-state index contributed by atoms with van der Waals surface area (Å²) in [4.78, 5) is 13.6. The molecule has 0 saturated carbocycles. The number of hydrogen-bond acceptors (Lipinski definition) is 4. The van der Waals surface area contributed by atoms with Gasteiger partial charge in [-0.2, -0.15) is 5.10 Å². The maximum absolute atomic E-state index is 11.4. The largest absolute Gasteiger partial charge is 0.464 e. The standard InChI is InChI=1S/C17H16N4O2/c18-17(22)12-1-2-15-13(9-12)14(10-23-15)11-4-7-21(8-5-11)16-3-6-19-20-16/h1-4,6,9-10H,5,7-8H2,(H2,18,22)(H,19,20). The normalized spacial score (nSPS) is 15.0. The first kappa shape index (κ1) is 13.6. The van der Waals surface area contributed by atoms with Gasteiger partial charge in [0.1, 0.15) is 11.4 Å². The van der Waals surface area contributed by atoms with Crippen LogP contribution >= 0.6 is 0 Å². The van der Waals surface area contributed by atoms with Crippen molar-refractivity contribution in [2.75, 3.05) is 18.0 Å². The van der Waals surface area contributed by atoms with Crippen LogP contribution in [0.4, 0.5) is 5.82 Å². The molecular formula is C17H16N4O2. The van der Waals surface area contributed by atoms with E-state index in [4.69, 9.17) is 10.2 Å². The molecule has 0 atom stereocenters. The van der Waals surface area contributed by atoms with E-state index in [2.05, 4.69) is 21.2 Å². The van der Waals surface area contributed by atoms with Gasteiger partial charge in [0, 0.05) is 35.7 Å². The van der Waals surface area contributed by atoms with Crippen molar-refractivity contribution in [3.05, 3.63) is 53.9 Å². The molecule has 0 bridgehead atoms. The number of benzene rings is 1. The fourth-order valence-corrected chi connectivity index (χ4v) is 2.99. The Morgan fingerprint density at radius 1 is 1.35 bits per heavy atom. The predicted octanol–water partition coefficient (Wildman–Crippen LogP) is 2.55. The topological polar surface area (TPSA) is 88.2 Å². The van der Waals surface area contributed by atoms with E-state index in [0.717, 1.165) is 41.9 Å². The monoisotopic (exact) mass is 308 g/mol. The summed E-state index contributed by atoms with van der Waals surface area (Å²) in [7, 11) is 0. The van der Waals surface area contributed by atoms with Crippen LogP contribution in [0.5, 0.6) is 0 Å². The van der Waals surface area contributed by atoms with E-state index in [-0.39, 0.29) is 0 Å². The highest BCUT2D eigenvalue weighted by atomic mass is 16.3. The number of furan rings is 1. The van der Waals surface area contributed by atoms with Gasteiger partial charge in [0.25, 0.3) is 0 Å². The van der Waals surface area contributed by atoms with Crippen LogP contribution in [0.15, 0.2) is 47.2 Å². The molecular weight excluding hydrogens is 292 g/mol. The van der Waals surface area contributed by atoms with E-state index in [0.29, 0.717) is 5.56 Å². The number of anilines is 1. The number of nitrogens with two attached hydrogens (primary N) is 1. The molecule has 0 saturated heterocycles. The molecule has 2 aromatic heterocycles. The second-order valence-electron chi connectivity index (χ2n) is 5.59. The number of fused-ring (bicyclic) bond motifs is 1. The van der Waals surface area contributed by atoms with Crippen LogP contribution in [0, 0.1) is 0 Å². The number of nitrogens with zero attached hydrogens (tertiary/aromatic N) is 2. The van der Waals surface area contributed by atoms with Crippen LogP contribution in [-0.4, -0.2) is 29.2 Å². The second kappa shape index (κ2) is 5.31. The molecule has 3 N–H and O–H groups in total. The lowest BCUT2D eigenvalue weighted by molar-refractivity contribution is 0.100. The zero-order valence-electron chi connectivity index (χ0n) is 12.5. The molecule has 0 spiro atoms. The van der Waals surface area contributed by atoms with Crippen molar-refractivity contribution in [3.8, 4) is 0 Å². The summed E-state index contributed by atoms with van der Waals surface area (Å²) in [6.07, 6.45) is 6.59. The third-order valence-corrected chi connectivity index (χ3v) is 4.24. The van der Waals surface area contributed by atoms with Gasteiger partial charge >= 0.3 is 0 Å². The fraction of sp³-hybridized carbons (Fsp3) is 0.176. The van der Waals surface area contributed by atoms with Gasteiger partial charge in [-0.1, -0.05) is 6.08 Å². The molecule has 6 heteroatoms. The Morgan fingerprint density at radius 2 is 2.26 bits per heavy atom. The molecule has 116 valence electrons. The zero-order chi connectivity index (χ0) is 15.8. The van der Waals surface area contributed by atoms with Crippen molar-refractivity contribution in [1.82, 2.24) is 10.2 Å². The Labute approximate surface area is 132 Å². The summed E-state index contributed by atoms with van der Waals surface area (Å²) in [5.41, 5.74) is 8.89. The van der Waals surface area contributed by atoms with Crippen LogP contribution in [0.25, 0.3) is 16.5 Å². The molecule has 0 fully saturated rings. The highest BCUT2D eigenvalue weighted by molar-refractivity contribution is 5.99. The Bertz CT molecular complexity index is 893. The van der Waals surface area contributed by atoms with Crippen LogP contribution < -0.4 is 10.6 Å². The van der Waals surface area contributed by atoms with E-state index in [1.165, 1.54) is 5.57 Å². The van der Waals surface area contributed by atoms with Gasteiger partial charge in [-0.05, 0) is 30.2 Å². The minimum atomic E-state index is -0.429. The molecule has 1 amide bonds. The first-order valence-electron chi connectivity index (χ1n) is 7.47. The van der Waals surface area contributed by atoms with Gasteiger partial charge in [0.2, 0.25) is 5.91 Å². The molecule has 1 aromatic carbocycles. The summed E-state index contributed by atoms with van der Waals surface area (Å²) >= 11 is 0. The minimum Gasteiger partial charge on any atom is -0.464 e. The molecule has 0 aliphatic carbocycles. The van der Waals surface area contributed by atoms with Crippen LogP contribution in [0.3, 0.4) is 0 Å². The molecule has 4 rings (SSSR count). The van der Waals surface area contributed by atoms with Gasteiger partial charge in [0.15, 0.2) is 0 Å². The molecule has 23 heavy (non-hydrogen) atoms. The van der Waals surface area contributed by atoms with Gasteiger partial charge < -0.3 is 15.1 Å². The Kier molecular flexibility index (Phi) is 3.15. The van der Waals surface area contributed by atoms with Crippen molar-refractivity contribution < 1.29 is 9.21 Å². The number of nitrogens with one attached hydrogen (secondary N) is 1. The number of carbonyl (C=O) groups excluding carboxylic acids is 1. The van der Waals surface area contributed by atoms with Gasteiger partial charge in [-0.3, -0.25) is 9.89 Å². The second-order valence-corrected chi connectivity index (χ2v) is 5.59. The lowest BCUT2D eigenvalue weighted by atomic mass is 9.98. The van der Waals surface area contributed by atoms with Gasteiger partial charge in [0.05, 0.1) is 12.5 Å². The van der Waals surface area contributed by atoms with Crippen LogP contribution in [0.1, 0.15) is 22.3 Å². The quantitative estimate of drug-likeness (QED) is 0.778. The van der Waals surface area contributed by atoms with Crippen molar-refractivity contribution in [2.45, 2.75) is 6.42 Å². The third-order valence-electron chi connectivity index (χ3n) is 4.24. The highest BCUT2D eigenvalue weighted by Crippen LogP contribution is 2.32. The van der Waals surface area contributed by atoms with Crippen LogP contribution in [-0.2, 0) is 0 Å². The lowest BCUT2D eigenvalue weighted by Gasteiger charge is -2.26. The molecule has 1 aliphatic heterocycles. The Balaban J connectivity index is 1.67. The van der Waals surface area contributed by atoms with E-state index < -0.39 is 5.91 Å². The summed E-state index contributed by atoms with van der Waals surface area (Å²) in [5.74, 6) is 0.593. The minimum absolute atomic E-state index is 0.429. The van der Waals surface area contributed by atoms with E-state index in [1.54, 1.807) is 30.7 Å². The number of aromatic amines is 1. The third kappa shape index (κ3) is 2.38. The first-order valence-corrected chi connectivity index (χ1v) is 7.47. The zero-order valence-corrected chi connectivity index (χ0v) is 12.5. The summed E-state index contributed by atoms with van der Waals surface area (Å²) in [5, 5.41) is 7.90. The van der Waals surface area contributed by atoms with Crippen molar-refractivity contribution in [1.29, 1.82) is 0 Å². The summed E-state index contributed by atoms with van der Waals surface area (Å²) < 4.78 is 5.61. The highest BCUT2D eigenvalue weighted by Gasteiger charge is 2.18. The number of hydrogen-bond donors (Lipinski definition) is 2. The molecule has 3 aromatic rings. The Hall–Kier alpha value is -3.02. The fourth-order valence-electron chi connectivity index (χ4n) is 2.99. The maximum atomic E-state index is 11.4. The molecule has 6 nitrogen and oxygen atoms in total. The number of rotatable bonds is 3. The number of amides is 1. The number of H-pyrrole nitrogens is 1. The number of aromatic nitrogens is 2. The molecule has 0 unspecified atom stereocenters. The SMILES string of the molecule is NC(=O)c1ccc2occ(C3=CCN(c4ccn[nH]4)CC3)c2c1. The molecule has 3 heterocycles. The first-order chi connectivity index (χ1) is 11.2. The molecule has 1 aliphatic rings. The number of primary amides is 1. The summed E-state index contributed by atoms with van der Waals surface area (Å²) in [6.45, 7) is 1.70. The average Bonchev–Trinajstić information content (AvgIpc) is 3.24. The maximum Gasteiger partial charge on any atom is 0.248 e. The van der Waals surface area contributed by atoms with Crippen LogP contribution in [0.2, 0.25) is 0 Å². The van der Waals surface area contributed by atoms with E-state index in [9.17, 15) is 4.79 Å². The van der Waals surface area contributed by atoms with E-state index in [1.807, 2.05) is 6.07 Å². The predicted molar refractivity (Wildman–Crippen MR) is 88.1 cm³/mol. The average molecular weight is 308 g/mol. The Morgan fingerprint density at radius 3 is 2.96 bits per heavy atom. The van der Waals surface area contributed by atoms with Crippen molar-refractivity contribution in [2.24, 2.45) is 5.73 Å².